The van der Waals surface area contributed by atoms with E-state index in [9.17, 15) is 9.90 Å². The van der Waals surface area contributed by atoms with Crippen LogP contribution in [0.5, 0.6) is 0 Å². The summed E-state index contributed by atoms with van der Waals surface area (Å²) in [5, 5.41) is 9.26. The van der Waals surface area contributed by atoms with Gasteiger partial charge in [0, 0.05) is 18.8 Å². The number of rotatable bonds is 4. The lowest BCUT2D eigenvalue weighted by atomic mass is 9.97. The van der Waals surface area contributed by atoms with Gasteiger partial charge in [0.1, 0.15) is 0 Å². The number of anilines is 1. The number of hydrogen-bond acceptors (Lipinski definition) is 3. The molecule has 0 radical (unpaired) electrons. The summed E-state index contributed by atoms with van der Waals surface area (Å²) in [5.74, 6) is -0.867. The largest absolute Gasteiger partial charge is 0.478 e. The van der Waals surface area contributed by atoms with Gasteiger partial charge in [-0.1, -0.05) is 13.3 Å². The molecule has 1 N–H and O–H groups in total. The van der Waals surface area contributed by atoms with E-state index in [0.29, 0.717) is 11.6 Å². The highest BCUT2D eigenvalue weighted by Gasteiger charge is 2.25. The van der Waals surface area contributed by atoms with Gasteiger partial charge in [0.05, 0.1) is 17.4 Å². The maximum Gasteiger partial charge on any atom is 0.337 e. The molecule has 0 saturated carbocycles. The molecule has 1 aliphatic rings. The molecule has 2 heterocycles. The number of carboxylic acid groups (broad SMARTS) is 1. The smallest absolute Gasteiger partial charge is 0.337 e. The Balaban J connectivity index is 2.30. The highest BCUT2D eigenvalue weighted by Crippen LogP contribution is 2.29. The van der Waals surface area contributed by atoms with Gasteiger partial charge in [0.15, 0.2) is 0 Å². The van der Waals surface area contributed by atoms with E-state index < -0.39 is 5.97 Å². The van der Waals surface area contributed by atoms with Crippen LogP contribution in [0.15, 0.2) is 18.5 Å². The Morgan fingerprint density at radius 3 is 3.11 bits per heavy atom. The molecule has 1 aliphatic heterocycles. The molecule has 1 aromatic rings. The molecule has 18 heavy (non-hydrogen) atoms. The molecule has 0 amide bonds. The van der Waals surface area contributed by atoms with Crippen molar-refractivity contribution in [3.8, 4) is 0 Å². The van der Waals surface area contributed by atoms with Crippen LogP contribution in [0.2, 0.25) is 0 Å². The van der Waals surface area contributed by atoms with Crippen LogP contribution in [-0.4, -0.2) is 28.6 Å². The average molecular weight is 248 g/mol. The van der Waals surface area contributed by atoms with Gasteiger partial charge in [0.25, 0.3) is 0 Å². The van der Waals surface area contributed by atoms with Gasteiger partial charge in [0.2, 0.25) is 0 Å². The first-order valence-electron chi connectivity index (χ1n) is 6.68. The lowest BCUT2D eigenvalue weighted by Gasteiger charge is -2.38. The van der Waals surface area contributed by atoms with E-state index >= 15 is 0 Å². The first kappa shape index (κ1) is 12.9. The monoisotopic (exact) mass is 248 g/mol. The molecular formula is C14H20N2O2. The van der Waals surface area contributed by atoms with E-state index in [0.717, 1.165) is 37.9 Å². The van der Waals surface area contributed by atoms with Crippen LogP contribution >= 0.6 is 0 Å². The molecule has 2 rings (SSSR count). The molecule has 0 aliphatic carbocycles. The van der Waals surface area contributed by atoms with Crippen LogP contribution in [0, 0.1) is 0 Å². The Hall–Kier alpha value is -1.58. The third-order valence-electron chi connectivity index (χ3n) is 3.59. The van der Waals surface area contributed by atoms with Gasteiger partial charge in [-0.3, -0.25) is 4.98 Å². The van der Waals surface area contributed by atoms with Gasteiger partial charge >= 0.3 is 5.97 Å². The summed E-state index contributed by atoms with van der Waals surface area (Å²) in [5.41, 5.74) is 1.15. The van der Waals surface area contributed by atoms with Crippen LogP contribution in [0.3, 0.4) is 0 Å². The van der Waals surface area contributed by atoms with Gasteiger partial charge in [-0.15, -0.1) is 0 Å². The van der Waals surface area contributed by atoms with E-state index in [-0.39, 0.29) is 0 Å². The Kier molecular flexibility index (Phi) is 4.18. The minimum atomic E-state index is -0.867. The van der Waals surface area contributed by atoms with Gasteiger partial charge in [-0.25, -0.2) is 4.79 Å². The number of carboxylic acids is 1. The van der Waals surface area contributed by atoms with Crippen molar-refractivity contribution >= 4 is 11.7 Å². The molecule has 1 saturated heterocycles. The van der Waals surface area contributed by atoms with Crippen molar-refractivity contribution in [2.24, 2.45) is 0 Å². The van der Waals surface area contributed by atoms with E-state index in [1.54, 1.807) is 18.5 Å². The van der Waals surface area contributed by atoms with Crippen molar-refractivity contribution in [2.75, 3.05) is 11.4 Å². The summed E-state index contributed by atoms with van der Waals surface area (Å²) in [6, 6.07) is 2.06. The second-order valence-corrected chi connectivity index (χ2v) is 4.83. The Labute approximate surface area is 108 Å². The van der Waals surface area contributed by atoms with Crippen molar-refractivity contribution in [3.05, 3.63) is 24.0 Å². The van der Waals surface area contributed by atoms with Crippen molar-refractivity contribution in [1.82, 2.24) is 4.98 Å². The van der Waals surface area contributed by atoms with Crippen LogP contribution in [0.4, 0.5) is 5.69 Å². The molecule has 4 heteroatoms. The molecule has 1 fully saturated rings. The van der Waals surface area contributed by atoms with Crippen LogP contribution in [-0.2, 0) is 0 Å². The standard InChI is InChI=1S/C14H20N2O2/c1-2-5-11-6-3-4-9-16(11)13-10-15-8-7-12(13)14(17)18/h7-8,10-11H,2-6,9H2,1H3,(H,17,18). The number of piperidine rings is 1. The minimum absolute atomic E-state index is 0.369. The van der Waals surface area contributed by atoms with Crippen LogP contribution < -0.4 is 4.90 Å². The molecule has 0 spiro atoms. The zero-order valence-corrected chi connectivity index (χ0v) is 10.8. The quantitative estimate of drug-likeness (QED) is 0.890. The second kappa shape index (κ2) is 5.85. The van der Waals surface area contributed by atoms with Gasteiger partial charge < -0.3 is 10.0 Å². The van der Waals surface area contributed by atoms with Crippen molar-refractivity contribution in [2.45, 2.75) is 45.1 Å². The number of nitrogens with zero attached hydrogens (tertiary/aromatic N) is 2. The normalized spacial score (nSPS) is 19.8. The van der Waals surface area contributed by atoms with Crippen LogP contribution in [0.1, 0.15) is 49.4 Å². The molecular weight excluding hydrogens is 228 g/mol. The number of aromatic nitrogens is 1. The Morgan fingerprint density at radius 1 is 1.56 bits per heavy atom. The number of aromatic carboxylic acids is 1. The minimum Gasteiger partial charge on any atom is -0.478 e. The maximum absolute atomic E-state index is 11.3. The highest BCUT2D eigenvalue weighted by atomic mass is 16.4. The van der Waals surface area contributed by atoms with E-state index in [2.05, 4.69) is 16.8 Å². The average Bonchev–Trinajstić information content (AvgIpc) is 2.40. The Morgan fingerprint density at radius 2 is 2.39 bits per heavy atom. The van der Waals surface area contributed by atoms with Gasteiger partial charge in [-0.05, 0) is 31.7 Å². The SMILES string of the molecule is CCCC1CCCCN1c1cnccc1C(=O)O. The van der Waals surface area contributed by atoms with Crippen molar-refractivity contribution in [3.63, 3.8) is 0 Å². The van der Waals surface area contributed by atoms with Gasteiger partial charge in [-0.2, -0.15) is 0 Å². The molecule has 1 atom stereocenters. The first-order chi connectivity index (χ1) is 8.74. The third-order valence-corrected chi connectivity index (χ3v) is 3.59. The summed E-state index contributed by atoms with van der Waals surface area (Å²) < 4.78 is 0. The fourth-order valence-corrected chi connectivity index (χ4v) is 2.75. The number of pyridine rings is 1. The fourth-order valence-electron chi connectivity index (χ4n) is 2.75. The zero-order valence-electron chi connectivity index (χ0n) is 10.8. The summed E-state index contributed by atoms with van der Waals surface area (Å²) in [4.78, 5) is 17.6. The van der Waals surface area contributed by atoms with Crippen molar-refractivity contribution < 1.29 is 9.90 Å². The topological polar surface area (TPSA) is 53.4 Å². The van der Waals surface area contributed by atoms with E-state index in [1.165, 1.54) is 6.42 Å². The molecule has 0 bridgehead atoms. The number of carbonyl (C=O) groups is 1. The third kappa shape index (κ3) is 2.63. The first-order valence-corrected chi connectivity index (χ1v) is 6.68. The fraction of sp³-hybridized carbons (Fsp3) is 0.571. The lowest BCUT2D eigenvalue weighted by Crippen LogP contribution is -2.40. The zero-order chi connectivity index (χ0) is 13.0. The molecule has 98 valence electrons. The van der Waals surface area contributed by atoms with Crippen molar-refractivity contribution in [1.29, 1.82) is 0 Å². The number of hydrogen-bond donors (Lipinski definition) is 1. The summed E-state index contributed by atoms with van der Waals surface area (Å²) in [7, 11) is 0. The van der Waals surface area contributed by atoms with Crippen LogP contribution in [0.25, 0.3) is 0 Å². The lowest BCUT2D eigenvalue weighted by molar-refractivity contribution is 0.0697. The maximum atomic E-state index is 11.3. The van der Waals surface area contributed by atoms with E-state index in [1.807, 2.05) is 0 Å². The molecule has 0 aromatic carbocycles. The molecule has 1 unspecified atom stereocenters. The molecule has 4 nitrogen and oxygen atoms in total. The predicted molar refractivity (Wildman–Crippen MR) is 71.1 cm³/mol. The van der Waals surface area contributed by atoms with E-state index in [4.69, 9.17) is 0 Å². The Bertz CT molecular complexity index is 418. The molecule has 1 aromatic heterocycles. The summed E-state index contributed by atoms with van der Waals surface area (Å²) in [6.45, 7) is 3.12. The summed E-state index contributed by atoms with van der Waals surface area (Å²) in [6.07, 6.45) is 9.01. The summed E-state index contributed by atoms with van der Waals surface area (Å²) >= 11 is 0. The predicted octanol–water partition coefficient (Wildman–Crippen LogP) is 2.94. The highest BCUT2D eigenvalue weighted by molar-refractivity contribution is 5.94. The second-order valence-electron chi connectivity index (χ2n) is 4.83.